The second-order valence-corrected chi connectivity index (χ2v) is 9.28. The fourth-order valence-corrected chi connectivity index (χ4v) is 5.04. The molecule has 5 rings (SSSR count). The van der Waals surface area contributed by atoms with E-state index in [1.807, 2.05) is 18.2 Å². The molecule has 7 heteroatoms. The second-order valence-electron chi connectivity index (χ2n) is 9.28. The van der Waals surface area contributed by atoms with E-state index in [2.05, 4.69) is 51.7 Å². The summed E-state index contributed by atoms with van der Waals surface area (Å²) in [5, 5.41) is 12.7. The molecule has 3 aromatic rings. The molecule has 2 aliphatic rings. The van der Waals surface area contributed by atoms with Crippen LogP contribution in [0.25, 0.3) is 11.1 Å². The van der Waals surface area contributed by atoms with Gasteiger partial charge in [0, 0.05) is 12.4 Å². The van der Waals surface area contributed by atoms with Crippen LogP contribution in [-0.4, -0.2) is 58.0 Å². The highest BCUT2D eigenvalue weighted by atomic mass is 16.6. The van der Waals surface area contributed by atoms with Gasteiger partial charge in [-0.05, 0) is 48.8 Å². The van der Waals surface area contributed by atoms with Crippen LogP contribution in [-0.2, 0) is 15.9 Å². The SMILES string of the molecule is O=C(N[C@H]1C[C@@H]2O[C@H](CO)CC[C@@H]2O[C@@H]1CCc1ccc(-c2ccccc2)cc1)c1cnccn1. The number of benzene rings is 2. The van der Waals surface area contributed by atoms with Gasteiger partial charge in [0.15, 0.2) is 0 Å². The molecule has 1 amide bonds. The van der Waals surface area contributed by atoms with Crippen molar-refractivity contribution in [3.8, 4) is 11.1 Å². The third-order valence-corrected chi connectivity index (χ3v) is 6.93. The Morgan fingerprint density at radius 2 is 1.77 bits per heavy atom. The van der Waals surface area contributed by atoms with E-state index in [0.717, 1.165) is 25.7 Å². The zero-order valence-corrected chi connectivity index (χ0v) is 19.6. The first kappa shape index (κ1) is 23.6. The van der Waals surface area contributed by atoms with E-state index in [1.54, 1.807) is 6.20 Å². The molecule has 2 N–H and O–H groups in total. The number of fused-ring (bicyclic) bond motifs is 1. The van der Waals surface area contributed by atoms with E-state index in [9.17, 15) is 9.90 Å². The number of ether oxygens (including phenoxy) is 2. The Bertz CT molecular complexity index is 1090. The first-order valence-electron chi connectivity index (χ1n) is 12.3. The summed E-state index contributed by atoms with van der Waals surface area (Å²) in [6.07, 6.45) is 7.94. The Labute approximate surface area is 205 Å². The van der Waals surface area contributed by atoms with Crippen LogP contribution in [0.3, 0.4) is 0 Å². The molecule has 2 fully saturated rings. The van der Waals surface area contributed by atoms with E-state index in [0.29, 0.717) is 6.42 Å². The lowest BCUT2D eigenvalue weighted by Crippen LogP contribution is -2.57. The summed E-state index contributed by atoms with van der Waals surface area (Å²) in [6, 6.07) is 18.7. The van der Waals surface area contributed by atoms with Crippen molar-refractivity contribution in [1.29, 1.82) is 0 Å². The van der Waals surface area contributed by atoms with Crippen molar-refractivity contribution in [2.75, 3.05) is 6.61 Å². The van der Waals surface area contributed by atoms with Crippen LogP contribution in [0.2, 0.25) is 0 Å². The standard InChI is InChI=1S/C28H31N3O4/c32-18-22-11-13-26-27(34-22)16-23(31-28(33)24-17-29-14-15-30-24)25(35-26)12-8-19-6-9-21(10-7-19)20-4-2-1-3-5-20/h1-7,9-10,14-15,17,22-23,25-27,32H,8,11-13,16,18H2,(H,31,33)/t22-,23-,25+,26-,27-/m0/s1. The number of aryl methyl sites for hydroxylation is 1. The first-order valence-corrected chi connectivity index (χ1v) is 12.3. The highest BCUT2D eigenvalue weighted by molar-refractivity contribution is 5.92. The van der Waals surface area contributed by atoms with E-state index >= 15 is 0 Å². The predicted molar refractivity (Wildman–Crippen MR) is 132 cm³/mol. The first-order chi connectivity index (χ1) is 17.2. The predicted octanol–water partition coefficient (Wildman–Crippen LogP) is 3.57. The summed E-state index contributed by atoms with van der Waals surface area (Å²) in [7, 11) is 0. The fraction of sp³-hybridized carbons (Fsp3) is 0.393. The van der Waals surface area contributed by atoms with Gasteiger partial charge in [0.1, 0.15) is 5.69 Å². The minimum atomic E-state index is -0.267. The number of nitrogens with zero attached hydrogens (tertiary/aromatic N) is 2. The van der Waals surface area contributed by atoms with Crippen LogP contribution in [0.4, 0.5) is 0 Å². The summed E-state index contributed by atoms with van der Waals surface area (Å²) in [4.78, 5) is 21.0. The topological polar surface area (TPSA) is 93.6 Å². The van der Waals surface area contributed by atoms with Gasteiger partial charge in [-0.15, -0.1) is 0 Å². The van der Waals surface area contributed by atoms with Gasteiger partial charge in [-0.25, -0.2) is 4.98 Å². The largest absolute Gasteiger partial charge is 0.394 e. The molecular formula is C28H31N3O4. The average Bonchev–Trinajstić information content (AvgIpc) is 2.92. The van der Waals surface area contributed by atoms with Crippen LogP contribution in [0.5, 0.6) is 0 Å². The minimum absolute atomic E-state index is 0.00224. The molecule has 2 saturated heterocycles. The van der Waals surface area contributed by atoms with Crippen LogP contribution < -0.4 is 5.32 Å². The summed E-state index contributed by atoms with van der Waals surface area (Å²) < 4.78 is 12.6. The fourth-order valence-electron chi connectivity index (χ4n) is 5.04. The molecule has 2 aliphatic heterocycles. The van der Waals surface area contributed by atoms with Crippen LogP contribution >= 0.6 is 0 Å². The lowest BCUT2D eigenvalue weighted by molar-refractivity contribution is -0.201. The number of carbonyl (C=O) groups is 1. The Kier molecular flexibility index (Phi) is 7.47. The van der Waals surface area contributed by atoms with Crippen molar-refractivity contribution >= 4 is 5.91 Å². The average molecular weight is 474 g/mol. The van der Waals surface area contributed by atoms with E-state index in [4.69, 9.17) is 9.47 Å². The molecule has 3 heterocycles. The van der Waals surface area contributed by atoms with Crippen molar-refractivity contribution < 1.29 is 19.4 Å². The third kappa shape index (κ3) is 5.75. The molecule has 5 atom stereocenters. The Balaban J connectivity index is 1.27. The molecule has 0 saturated carbocycles. The summed E-state index contributed by atoms with van der Waals surface area (Å²) in [6.45, 7) is 0.00224. The van der Waals surface area contributed by atoms with Gasteiger partial charge in [0.25, 0.3) is 5.91 Å². The third-order valence-electron chi connectivity index (χ3n) is 6.93. The minimum Gasteiger partial charge on any atom is -0.394 e. The molecule has 7 nitrogen and oxygen atoms in total. The number of aliphatic hydroxyl groups is 1. The maximum Gasteiger partial charge on any atom is 0.271 e. The molecule has 0 unspecified atom stereocenters. The number of amides is 1. The van der Waals surface area contributed by atoms with Crippen molar-refractivity contribution in [2.24, 2.45) is 0 Å². The lowest BCUT2D eigenvalue weighted by atomic mass is 9.88. The molecule has 0 aliphatic carbocycles. The van der Waals surface area contributed by atoms with E-state index < -0.39 is 0 Å². The van der Waals surface area contributed by atoms with Gasteiger partial charge < -0.3 is 19.9 Å². The molecule has 1 aromatic heterocycles. The van der Waals surface area contributed by atoms with Crippen LogP contribution in [0, 0.1) is 0 Å². The molecule has 0 radical (unpaired) electrons. The molecule has 0 spiro atoms. The Morgan fingerprint density at radius 1 is 0.971 bits per heavy atom. The number of hydrogen-bond donors (Lipinski definition) is 2. The molecular weight excluding hydrogens is 442 g/mol. The zero-order chi connectivity index (χ0) is 24.0. The second kappa shape index (κ2) is 11.1. The van der Waals surface area contributed by atoms with E-state index in [-0.39, 0.29) is 48.7 Å². The molecule has 0 bridgehead atoms. The molecule has 182 valence electrons. The van der Waals surface area contributed by atoms with E-state index in [1.165, 1.54) is 29.1 Å². The smallest absolute Gasteiger partial charge is 0.271 e. The van der Waals surface area contributed by atoms with Crippen LogP contribution in [0.15, 0.2) is 73.2 Å². The van der Waals surface area contributed by atoms with Crippen LogP contribution in [0.1, 0.15) is 41.7 Å². The monoisotopic (exact) mass is 473 g/mol. The Morgan fingerprint density at radius 3 is 2.51 bits per heavy atom. The highest BCUT2D eigenvalue weighted by Gasteiger charge is 2.42. The van der Waals surface area contributed by atoms with Crippen molar-refractivity contribution in [1.82, 2.24) is 15.3 Å². The summed E-state index contributed by atoms with van der Waals surface area (Å²) in [5.74, 6) is -0.267. The maximum atomic E-state index is 12.8. The quantitative estimate of drug-likeness (QED) is 0.545. The van der Waals surface area contributed by atoms with Crippen molar-refractivity contribution in [2.45, 2.75) is 62.6 Å². The number of hydrogen-bond acceptors (Lipinski definition) is 6. The number of aromatic nitrogens is 2. The van der Waals surface area contributed by atoms with Gasteiger partial charge in [0.05, 0.1) is 43.3 Å². The maximum absolute atomic E-state index is 12.8. The van der Waals surface area contributed by atoms with Gasteiger partial charge in [-0.3, -0.25) is 9.78 Å². The molecule has 35 heavy (non-hydrogen) atoms. The van der Waals surface area contributed by atoms with Gasteiger partial charge >= 0.3 is 0 Å². The number of carbonyl (C=O) groups excluding carboxylic acids is 1. The lowest BCUT2D eigenvalue weighted by Gasteiger charge is -2.45. The van der Waals surface area contributed by atoms with Gasteiger partial charge in [-0.2, -0.15) is 0 Å². The highest BCUT2D eigenvalue weighted by Crippen LogP contribution is 2.33. The van der Waals surface area contributed by atoms with Crippen molar-refractivity contribution in [3.05, 3.63) is 84.4 Å². The van der Waals surface area contributed by atoms with Crippen molar-refractivity contribution in [3.63, 3.8) is 0 Å². The number of aliphatic hydroxyl groups excluding tert-OH is 1. The summed E-state index contributed by atoms with van der Waals surface area (Å²) >= 11 is 0. The number of nitrogens with one attached hydrogen (secondary N) is 1. The van der Waals surface area contributed by atoms with Gasteiger partial charge in [0.2, 0.25) is 0 Å². The zero-order valence-electron chi connectivity index (χ0n) is 19.6. The summed E-state index contributed by atoms with van der Waals surface area (Å²) in [5.41, 5.74) is 3.90. The number of rotatable bonds is 7. The Hall–Kier alpha value is -3.13. The molecule has 2 aromatic carbocycles. The van der Waals surface area contributed by atoms with Gasteiger partial charge in [-0.1, -0.05) is 54.6 Å². The normalized spacial score (nSPS) is 26.0.